The number of halogens is 1. The number of rotatable bonds is 3. The minimum Gasteiger partial charge on any atom is -0.322 e. The van der Waals surface area contributed by atoms with Crippen LogP contribution in [-0.4, -0.2) is 26.1 Å². The zero-order chi connectivity index (χ0) is 12.3. The first-order valence-corrected chi connectivity index (χ1v) is 4.92. The molecule has 1 aromatic heterocycles. The van der Waals surface area contributed by atoms with E-state index in [2.05, 4.69) is 20.8 Å². The first-order valence-electron chi connectivity index (χ1n) is 4.92. The normalized spacial score (nSPS) is 10.2. The number of anilines is 1. The first kappa shape index (κ1) is 11.2. The van der Waals surface area contributed by atoms with Crippen LogP contribution in [0.4, 0.5) is 10.1 Å². The monoisotopic (exact) mass is 235 g/mol. The molecule has 0 aliphatic heterocycles. The Morgan fingerprint density at radius 2 is 2.35 bits per heavy atom. The molecule has 0 saturated heterocycles. The first-order chi connectivity index (χ1) is 8.15. The number of benzene rings is 1. The van der Waals surface area contributed by atoms with Gasteiger partial charge < -0.3 is 5.32 Å². The average Bonchev–Trinajstić information content (AvgIpc) is 2.75. The molecule has 0 fully saturated rings. The number of hydrogen-bond donors (Lipinski definition) is 1. The number of amides is 1. The highest BCUT2D eigenvalue weighted by molar-refractivity contribution is 5.90. The van der Waals surface area contributed by atoms with E-state index < -0.39 is 5.82 Å². The van der Waals surface area contributed by atoms with Gasteiger partial charge in [-0.25, -0.2) is 9.07 Å². The smallest absolute Gasteiger partial charge is 0.246 e. The Kier molecular flexibility index (Phi) is 3.08. The molecule has 0 aliphatic rings. The third kappa shape index (κ3) is 2.83. The Labute approximate surface area is 96.4 Å². The minimum atomic E-state index is -0.463. The van der Waals surface area contributed by atoms with E-state index >= 15 is 0 Å². The summed E-state index contributed by atoms with van der Waals surface area (Å²) in [6, 6.07) is 4.59. The molecule has 0 unspecified atom stereocenters. The van der Waals surface area contributed by atoms with Gasteiger partial charge in [-0.1, -0.05) is 6.07 Å². The number of hydrogen-bond acceptors (Lipinski definition) is 4. The molecular weight excluding hydrogens is 225 g/mol. The standard InChI is InChI=1S/C10H10FN5O/c1-7-2-3-9(8(11)4-7)13-10(17)5-16-6-12-14-15-16/h2-4,6H,5H2,1H3,(H,13,17). The van der Waals surface area contributed by atoms with Gasteiger partial charge in [0.1, 0.15) is 18.7 Å². The van der Waals surface area contributed by atoms with Crippen molar-refractivity contribution in [2.24, 2.45) is 0 Å². The van der Waals surface area contributed by atoms with Crippen molar-refractivity contribution in [3.8, 4) is 0 Å². The molecule has 1 N–H and O–H groups in total. The lowest BCUT2D eigenvalue weighted by Crippen LogP contribution is -2.19. The Morgan fingerprint density at radius 1 is 1.53 bits per heavy atom. The molecule has 2 rings (SSSR count). The van der Waals surface area contributed by atoms with Crippen LogP contribution in [0.25, 0.3) is 0 Å². The van der Waals surface area contributed by atoms with E-state index in [-0.39, 0.29) is 18.1 Å². The van der Waals surface area contributed by atoms with Crippen molar-refractivity contribution >= 4 is 11.6 Å². The molecule has 1 heterocycles. The third-order valence-corrected chi connectivity index (χ3v) is 2.10. The van der Waals surface area contributed by atoms with E-state index in [1.165, 1.54) is 23.1 Å². The van der Waals surface area contributed by atoms with Gasteiger partial charge >= 0.3 is 0 Å². The van der Waals surface area contributed by atoms with Crippen LogP contribution in [0, 0.1) is 12.7 Å². The molecule has 0 atom stereocenters. The maximum Gasteiger partial charge on any atom is 0.246 e. The lowest BCUT2D eigenvalue weighted by Gasteiger charge is -2.06. The van der Waals surface area contributed by atoms with Crippen LogP contribution in [0.3, 0.4) is 0 Å². The molecule has 1 aromatic carbocycles. The maximum absolute atomic E-state index is 13.4. The molecule has 6 nitrogen and oxygen atoms in total. The quantitative estimate of drug-likeness (QED) is 0.852. The topological polar surface area (TPSA) is 72.7 Å². The zero-order valence-electron chi connectivity index (χ0n) is 9.09. The summed E-state index contributed by atoms with van der Waals surface area (Å²) in [5.41, 5.74) is 0.939. The molecule has 0 saturated carbocycles. The number of nitrogens with zero attached hydrogens (tertiary/aromatic N) is 4. The SMILES string of the molecule is Cc1ccc(NC(=O)Cn2cnnn2)c(F)c1. The molecule has 0 spiro atoms. The van der Waals surface area contributed by atoms with E-state index in [1.54, 1.807) is 13.0 Å². The van der Waals surface area contributed by atoms with Crippen LogP contribution in [0.5, 0.6) is 0 Å². The second-order valence-corrected chi connectivity index (χ2v) is 3.54. The van der Waals surface area contributed by atoms with Crippen molar-refractivity contribution < 1.29 is 9.18 Å². The van der Waals surface area contributed by atoms with E-state index in [0.717, 1.165) is 5.56 Å². The van der Waals surface area contributed by atoms with Crippen molar-refractivity contribution in [1.29, 1.82) is 0 Å². The fourth-order valence-electron chi connectivity index (χ4n) is 1.31. The number of aromatic nitrogens is 4. The maximum atomic E-state index is 13.4. The summed E-state index contributed by atoms with van der Waals surface area (Å²) in [6.45, 7) is 1.72. The highest BCUT2D eigenvalue weighted by Crippen LogP contribution is 2.14. The Hall–Kier alpha value is -2.31. The largest absolute Gasteiger partial charge is 0.322 e. The fraction of sp³-hybridized carbons (Fsp3) is 0.200. The molecule has 0 bridgehead atoms. The van der Waals surface area contributed by atoms with Crippen LogP contribution in [0.15, 0.2) is 24.5 Å². The van der Waals surface area contributed by atoms with Gasteiger partial charge in [-0.15, -0.1) is 5.10 Å². The summed E-state index contributed by atoms with van der Waals surface area (Å²) in [5.74, 6) is -0.852. The van der Waals surface area contributed by atoms with Crippen LogP contribution in [0.1, 0.15) is 5.56 Å². The summed E-state index contributed by atoms with van der Waals surface area (Å²) in [6.07, 6.45) is 1.31. The number of carbonyl (C=O) groups excluding carboxylic acids is 1. The molecule has 17 heavy (non-hydrogen) atoms. The van der Waals surface area contributed by atoms with Crippen molar-refractivity contribution in [2.45, 2.75) is 13.5 Å². The summed E-state index contributed by atoms with van der Waals surface area (Å²) in [4.78, 5) is 11.5. The summed E-state index contributed by atoms with van der Waals surface area (Å²) >= 11 is 0. The van der Waals surface area contributed by atoms with E-state index in [9.17, 15) is 9.18 Å². The highest BCUT2D eigenvalue weighted by atomic mass is 19.1. The van der Waals surface area contributed by atoms with Crippen LogP contribution < -0.4 is 5.32 Å². The van der Waals surface area contributed by atoms with Gasteiger partial charge in [-0.2, -0.15) is 0 Å². The lowest BCUT2D eigenvalue weighted by molar-refractivity contribution is -0.117. The van der Waals surface area contributed by atoms with Crippen LogP contribution in [0.2, 0.25) is 0 Å². The second kappa shape index (κ2) is 4.69. The number of nitrogens with one attached hydrogen (secondary N) is 1. The summed E-state index contributed by atoms with van der Waals surface area (Å²) in [5, 5.41) is 12.8. The predicted octanol–water partition coefficient (Wildman–Crippen LogP) is 0.759. The molecule has 7 heteroatoms. The Morgan fingerprint density at radius 3 is 3.00 bits per heavy atom. The van der Waals surface area contributed by atoms with Crippen molar-refractivity contribution in [1.82, 2.24) is 20.2 Å². The predicted molar refractivity (Wildman–Crippen MR) is 57.6 cm³/mol. The van der Waals surface area contributed by atoms with Gasteiger partial charge in [0.25, 0.3) is 0 Å². The molecule has 88 valence electrons. The second-order valence-electron chi connectivity index (χ2n) is 3.54. The van der Waals surface area contributed by atoms with Gasteiger partial charge in [0, 0.05) is 0 Å². The lowest BCUT2D eigenvalue weighted by atomic mass is 10.2. The average molecular weight is 235 g/mol. The molecular formula is C10H10FN5O. The number of tetrazole rings is 1. The van der Waals surface area contributed by atoms with E-state index in [4.69, 9.17) is 0 Å². The third-order valence-electron chi connectivity index (χ3n) is 2.10. The number of carbonyl (C=O) groups is 1. The van der Waals surface area contributed by atoms with E-state index in [0.29, 0.717) is 0 Å². The summed E-state index contributed by atoms with van der Waals surface area (Å²) < 4.78 is 14.7. The molecule has 0 aliphatic carbocycles. The van der Waals surface area contributed by atoms with Gasteiger partial charge in [-0.3, -0.25) is 4.79 Å². The number of aryl methyl sites for hydroxylation is 1. The highest BCUT2D eigenvalue weighted by Gasteiger charge is 2.08. The zero-order valence-corrected chi connectivity index (χ0v) is 9.09. The molecule has 1 amide bonds. The Balaban J connectivity index is 2.03. The molecule has 0 radical (unpaired) electrons. The van der Waals surface area contributed by atoms with Crippen molar-refractivity contribution in [3.05, 3.63) is 35.9 Å². The minimum absolute atomic E-state index is 0.0552. The van der Waals surface area contributed by atoms with Gasteiger partial charge in [-0.05, 0) is 35.0 Å². The molecule has 2 aromatic rings. The summed E-state index contributed by atoms with van der Waals surface area (Å²) in [7, 11) is 0. The van der Waals surface area contributed by atoms with Crippen LogP contribution >= 0.6 is 0 Å². The van der Waals surface area contributed by atoms with Crippen molar-refractivity contribution in [3.63, 3.8) is 0 Å². The van der Waals surface area contributed by atoms with Crippen LogP contribution in [-0.2, 0) is 11.3 Å². The van der Waals surface area contributed by atoms with Gasteiger partial charge in [0.15, 0.2) is 0 Å². The fourth-order valence-corrected chi connectivity index (χ4v) is 1.31. The Bertz CT molecular complexity index is 525. The van der Waals surface area contributed by atoms with E-state index in [1.807, 2.05) is 0 Å². The van der Waals surface area contributed by atoms with Gasteiger partial charge in [0.2, 0.25) is 5.91 Å². The van der Waals surface area contributed by atoms with Gasteiger partial charge in [0.05, 0.1) is 5.69 Å². The van der Waals surface area contributed by atoms with Crippen molar-refractivity contribution in [2.75, 3.05) is 5.32 Å².